The number of nitro groups is 1. The number of rotatable bonds is 3. The van der Waals surface area contributed by atoms with Crippen LogP contribution in [0.3, 0.4) is 0 Å². The molecule has 0 amide bonds. The van der Waals surface area contributed by atoms with Gasteiger partial charge in [-0.3, -0.25) is 10.1 Å². The second-order valence-electron chi connectivity index (χ2n) is 3.58. The van der Waals surface area contributed by atoms with Crippen molar-refractivity contribution in [2.75, 3.05) is 5.32 Å². The summed E-state index contributed by atoms with van der Waals surface area (Å²) < 4.78 is 1.22. The second kappa shape index (κ2) is 6.11. The van der Waals surface area contributed by atoms with E-state index in [0.29, 0.717) is 11.4 Å². The van der Waals surface area contributed by atoms with Gasteiger partial charge in [-0.15, -0.1) is 0 Å². The van der Waals surface area contributed by atoms with E-state index in [1.807, 2.05) is 0 Å². The molecule has 0 aliphatic rings. The maximum absolute atomic E-state index is 10.6. The Balaban J connectivity index is 2.10. The van der Waals surface area contributed by atoms with E-state index >= 15 is 0 Å². The van der Waals surface area contributed by atoms with E-state index in [1.165, 1.54) is 10.9 Å². The van der Waals surface area contributed by atoms with Gasteiger partial charge in [-0.25, -0.2) is 4.68 Å². The molecule has 0 atom stereocenters. The molecule has 0 radical (unpaired) electrons. The summed E-state index contributed by atoms with van der Waals surface area (Å²) in [5, 5.41) is 19.8. The molecule has 1 aromatic carbocycles. The summed E-state index contributed by atoms with van der Waals surface area (Å²) >= 11 is 9.61. The minimum Gasteiger partial charge on any atom is -0.331 e. The lowest BCUT2D eigenvalue weighted by Gasteiger charge is -2.07. The Labute approximate surface area is 124 Å². The summed E-state index contributed by atoms with van der Waals surface area (Å²) in [6.07, 6.45) is 2.37. The van der Waals surface area contributed by atoms with Crippen molar-refractivity contribution in [1.29, 1.82) is 0 Å². The maximum Gasteiger partial charge on any atom is 0.307 e. The molecule has 100 valence electrons. The Kier molecular flexibility index (Phi) is 4.26. The normalized spacial score (nSPS) is 9.60. The van der Waals surface area contributed by atoms with Crippen LogP contribution < -0.4 is 5.32 Å². The van der Waals surface area contributed by atoms with Crippen LogP contribution in [0.2, 0.25) is 0 Å². The maximum atomic E-state index is 10.6. The third-order valence-corrected chi connectivity index (χ3v) is 2.66. The van der Waals surface area contributed by atoms with Crippen LogP contribution in [0.25, 0.3) is 0 Å². The van der Waals surface area contributed by atoms with Gasteiger partial charge in [0.2, 0.25) is 0 Å². The molecule has 0 bridgehead atoms. The highest BCUT2D eigenvalue weighted by molar-refractivity contribution is 7.80. The fourth-order valence-electron chi connectivity index (χ4n) is 1.37. The second-order valence-corrected chi connectivity index (χ2v) is 4.15. The van der Waals surface area contributed by atoms with E-state index in [9.17, 15) is 10.1 Å². The molecule has 0 spiro atoms. The molecule has 2 rings (SSSR count). The van der Waals surface area contributed by atoms with Crippen molar-refractivity contribution >= 4 is 51.8 Å². The number of isothiocyanates is 1. The van der Waals surface area contributed by atoms with Gasteiger partial charge in [-0.05, 0) is 48.7 Å². The molecule has 2 aromatic rings. The van der Waals surface area contributed by atoms with Gasteiger partial charge in [0.15, 0.2) is 5.11 Å². The third-order valence-electron chi connectivity index (χ3n) is 2.28. The first-order chi connectivity index (χ1) is 9.60. The Morgan fingerprint density at radius 1 is 1.45 bits per heavy atom. The zero-order valence-electron chi connectivity index (χ0n) is 9.89. The standard InChI is InChI=1S/C11H7N5O2S2/c17-16(18)10-5-13-15(6-10)11(20)14-9-3-1-8(2-4-9)12-7-19/h1-6H,(H,14,20). The van der Waals surface area contributed by atoms with Crippen molar-refractivity contribution in [3.63, 3.8) is 0 Å². The molecule has 7 nitrogen and oxygen atoms in total. The molecule has 1 heterocycles. The number of benzene rings is 1. The molecular formula is C11H7N5O2S2. The smallest absolute Gasteiger partial charge is 0.307 e. The highest BCUT2D eigenvalue weighted by Gasteiger charge is 2.11. The van der Waals surface area contributed by atoms with Crippen molar-refractivity contribution in [2.45, 2.75) is 0 Å². The average Bonchev–Trinajstić information content (AvgIpc) is 2.91. The van der Waals surface area contributed by atoms with Gasteiger partial charge in [0.05, 0.1) is 15.8 Å². The predicted molar refractivity (Wildman–Crippen MR) is 81.6 cm³/mol. The zero-order valence-corrected chi connectivity index (χ0v) is 11.5. The monoisotopic (exact) mass is 305 g/mol. The molecule has 0 saturated carbocycles. The number of nitrogens with zero attached hydrogens (tertiary/aromatic N) is 4. The lowest BCUT2D eigenvalue weighted by Crippen LogP contribution is -2.19. The summed E-state index contributed by atoms with van der Waals surface area (Å²) in [7, 11) is 0. The van der Waals surface area contributed by atoms with Crippen LogP contribution >= 0.6 is 24.4 Å². The van der Waals surface area contributed by atoms with E-state index in [0.717, 1.165) is 6.20 Å². The SMILES string of the molecule is O=[N+]([O-])c1cnn(C(=S)Nc2ccc(N=C=S)cc2)c1. The Morgan fingerprint density at radius 3 is 2.70 bits per heavy atom. The van der Waals surface area contributed by atoms with Gasteiger partial charge >= 0.3 is 5.69 Å². The highest BCUT2D eigenvalue weighted by Crippen LogP contribution is 2.16. The number of aliphatic imine (C=N–C) groups is 1. The minimum absolute atomic E-state index is 0.125. The van der Waals surface area contributed by atoms with Gasteiger partial charge in [-0.2, -0.15) is 10.1 Å². The molecule has 1 aromatic heterocycles. The molecular weight excluding hydrogens is 298 g/mol. The minimum atomic E-state index is -0.537. The van der Waals surface area contributed by atoms with Crippen molar-refractivity contribution in [3.05, 3.63) is 46.8 Å². The Morgan fingerprint density at radius 2 is 2.15 bits per heavy atom. The van der Waals surface area contributed by atoms with Gasteiger partial charge in [0.25, 0.3) is 0 Å². The van der Waals surface area contributed by atoms with E-state index in [-0.39, 0.29) is 10.8 Å². The first-order valence-corrected chi connectivity index (χ1v) is 6.10. The number of hydrogen-bond donors (Lipinski definition) is 1. The quantitative estimate of drug-likeness (QED) is 0.406. The number of thiocarbonyl (C=S) groups is 2. The Bertz CT molecular complexity index is 704. The van der Waals surface area contributed by atoms with Crippen LogP contribution in [0.4, 0.5) is 17.1 Å². The van der Waals surface area contributed by atoms with E-state index in [2.05, 4.69) is 32.8 Å². The van der Waals surface area contributed by atoms with Gasteiger partial charge in [0.1, 0.15) is 12.4 Å². The Hall–Kier alpha value is -2.48. The molecule has 0 fully saturated rings. The topological polar surface area (TPSA) is 85.3 Å². The summed E-state index contributed by atoms with van der Waals surface area (Å²) in [4.78, 5) is 13.8. The van der Waals surface area contributed by atoms with E-state index in [1.54, 1.807) is 24.3 Å². The van der Waals surface area contributed by atoms with Gasteiger partial charge in [0, 0.05) is 5.69 Å². The van der Waals surface area contributed by atoms with Crippen molar-refractivity contribution < 1.29 is 4.92 Å². The predicted octanol–water partition coefficient (Wildman–Crippen LogP) is 2.77. The summed E-state index contributed by atoms with van der Waals surface area (Å²) in [5.41, 5.74) is 1.25. The fourth-order valence-corrected chi connectivity index (χ4v) is 1.69. The zero-order chi connectivity index (χ0) is 14.5. The van der Waals surface area contributed by atoms with E-state index in [4.69, 9.17) is 12.2 Å². The first kappa shape index (κ1) is 13.9. The van der Waals surface area contributed by atoms with Crippen LogP contribution in [0.15, 0.2) is 41.7 Å². The lowest BCUT2D eigenvalue weighted by molar-refractivity contribution is -0.384. The van der Waals surface area contributed by atoms with Crippen LogP contribution in [0.5, 0.6) is 0 Å². The van der Waals surface area contributed by atoms with Gasteiger partial charge < -0.3 is 5.32 Å². The molecule has 20 heavy (non-hydrogen) atoms. The molecule has 9 heteroatoms. The van der Waals surface area contributed by atoms with Crippen molar-refractivity contribution in [2.24, 2.45) is 4.99 Å². The first-order valence-electron chi connectivity index (χ1n) is 5.28. The summed E-state index contributed by atoms with van der Waals surface area (Å²) in [6.45, 7) is 0. The van der Waals surface area contributed by atoms with Crippen molar-refractivity contribution in [3.8, 4) is 0 Å². The van der Waals surface area contributed by atoms with Crippen LogP contribution in [-0.2, 0) is 0 Å². The number of aromatic nitrogens is 2. The lowest BCUT2D eigenvalue weighted by atomic mass is 10.3. The average molecular weight is 305 g/mol. The number of anilines is 1. The van der Waals surface area contributed by atoms with Crippen LogP contribution in [-0.4, -0.2) is 25.0 Å². The van der Waals surface area contributed by atoms with Crippen molar-refractivity contribution in [1.82, 2.24) is 9.78 Å². The molecule has 0 aliphatic carbocycles. The molecule has 0 saturated heterocycles. The van der Waals surface area contributed by atoms with Crippen LogP contribution in [0, 0.1) is 10.1 Å². The molecule has 1 N–H and O–H groups in total. The fraction of sp³-hybridized carbons (Fsp3) is 0. The number of nitrogens with one attached hydrogen (secondary N) is 1. The number of hydrogen-bond acceptors (Lipinski definition) is 6. The molecule has 0 aliphatic heterocycles. The summed E-state index contributed by atoms with van der Waals surface area (Å²) in [6, 6.07) is 6.96. The summed E-state index contributed by atoms with van der Waals surface area (Å²) in [5.74, 6) is 0. The van der Waals surface area contributed by atoms with E-state index < -0.39 is 4.92 Å². The highest BCUT2D eigenvalue weighted by atomic mass is 32.1. The van der Waals surface area contributed by atoms with Crippen LogP contribution in [0.1, 0.15) is 0 Å². The molecule has 0 unspecified atom stereocenters. The van der Waals surface area contributed by atoms with Gasteiger partial charge in [-0.1, -0.05) is 0 Å². The third kappa shape index (κ3) is 3.29. The largest absolute Gasteiger partial charge is 0.331 e.